The Morgan fingerprint density at radius 3 is 2.84 bits per heavy atom. The molecule has 19 heavy (non-hydrogen) atoms. The van der Waals surface area contributed by atoms with Crippen LogP contribution in [-0.4, -0.2) is 48.4 Å². The smallest absolute Gasteiger partial charge is 0.254 e. The first-order chi connectivity index (χ1) is 8.99. The van der Waals surface area contributed by atoms with Gasteiger partial charge in [0.1, 0.15) is 0 Å². The Hall–Kier alpha value is -0.330. The average molecular weight is 393 g/mol. The highest BCUT2D eigenvalue weighted by Gasteiger charge is 2.25. The fraction of sp³-hybridized carbons (Fsp3) is 0.500. The van der Waals surface area contributed by atoms with Gasteiger partial charge in [-0.25, -0.2) is 0 Å². The molecule has 1 aromatic carbocycles. The molecule has 3 nitrogen and oxygen atoms in total. The molecule has 5 heteroatoms. The van der Waals surface area contributed by atoms with Gasteiger partial charge in [-0.3, -0.25) is 4.79 Å². The molecule has 1 atom stereocenters. The number of carbonyl (C=O) groups is 1. The molecule has 0 N–H and O–H groups in total. The zero-order valence-electron chi connectivity index (χ0n) is 11.2. The Labute approximate surface area is 133 Å². The van der Waals surface area contributed by atoms with E-state index in [4.69, 9.17) is 11.6 Å². The molecule has 1 fully saturated rings. The van der Waals surface area contributed by atoms with Crippen LogP contribution in [0.15, 0.2) is 18.2 Å². The number of hydrogen-bond acceptors (Lipinski definition) is 2. The Balaban J connectivity index is 2.20. The van der Waals surface area contributed by atoms with E-state index >= 15 is 0 Å². The average Bonchev–Trinajstić information content (AvgIpc) is 2.52. The first-order valence-corrected chi connectivity index (χ1v) is 7.89. The van der Waals surface area contributed by atoms with Crippen LogP contribution in [0.4, 0.5) is 0 Å². The topological polar surface area (TPSA) is 23.6 Å². The molecular weight excluding hydrogens is 375 g/mol. The molecule has 1 aliphatic heterocycles. The number of benzene rings is 1. The molecule has 1 heterocycles. The number of rotatable bonds is 1. The van der Waals surface area contributed by atoms with E-state index in [1.54, 1.807) is 6.07 Å². The fourth-order valence-electron chi connectivity index (χ4n) is 2.47. The van der Waals surface area contributed by atoms with Gasteiger partial charge in [0.05, 0.1) is 5.02 Å². The van der Waals surface area contributed by atoms with E-state index < -0.39 is 0 Å². The maximum Gasteiger partial charge on any atom is 0.254 e. The van der Waals surface area contributed by atoms with E-state index in [0.29, 0.717) is 10.6 Å². The minimum Gasteiger partial charge on any atom is -0.335 e. The molecule has 1 saturated heterocycles. The normalized spacial score (nSPS) is 21.3. The van der Waals surface area contributed by atoms with Gasteiger partial charge in [-0.05, 0) is 67.7 Å². The molecule has 1 unspecified atom stereocenters. The van der Waals surface area contributed by atoms with Gasteiger partial charge in [0.2, 0.25) is 0 Å². The van der Waals surface area contributed by atoms with Crippen LogP contribution in [0.2, 0.25) is 5.02 Å². The van der Waals surface area contributed by atoms with Crippen LogP contribution >= 0.6 is 34.2 Å². The number of carbonyl (C=O) groups excluding carboxylic acids is 1. The summed E-state index contributed by atoms with van der Waals surface area (Å²) in [6, 6.07) is 5.76. The summed E-state index contributed by atoms with van der Waals surface area (Å²) >= 11 is 8.27. The van der Waals surface area contributed by atoms with Gasteiger partial charge in [-0.2, -0.15) is 0 Å². The van der Waals surface area contributed by atoms with Crippen molar-refractivity contribution in [3.05, 3.63) is 32.4 Å². The Morgan fingerprint density at radius 2 is 2.16 bits per heavy atom. The highest BCUT2D eigenvalue weighted by Crippen LogP contribution is 2.21. The largest absolute Gasteiger partial charge is 0.335 e. The zero-order chi connectivity index (χ0) is 14.0. The van der Waals surface area contributed by atoms with Crippen molar-refractivity contribution < 1.29 is 4.79 Å². The van der Waals surface area contributed by atoms with Gasteiger partial charge in [0, 0.05) is 28.3 Å². The molecule has 1 amide bonds. The molecule has 0 radical (unpaired) electrons. The van der Waals surface area contributed by atoms with Gasteiger partial charge in [-0.15, -0.1) is 0 Å². The van der Waals surface area contributed by atoms with Crippen LogP contribution in [0, 0.1) is 3.57 Å². The van der Waals surface area contributed by atoms with Crippen molar-refractivity contribution in [3.8, 4) is 0 Å². The summed E-state index contributed by atoms with van der Waals surface area (Å²) in [4.78, 5) is 16.8. The number of nitrogens with zero attached hydrogens (tertiary/aromatic N) is 2. The second-order valence-corrected chi connectivity index (χ2v) is 6.66. The minimum atomic E-state index is 0.0844. The van der Waals surface area contributed by atoms with Crippen molar-refractivity contribution >= 4 is 40.1 Å². The van der Waals surface area contributed by atoms with E-state index in [1.165, 1.54) is 0 Å². The summed E-state index contributed by atoms with van der Waals surface area (Å²) in [5.74, 6) is 0.0844. The van der Waals surface area contributed by atoms with Crippen molar-refractivity contribution in [1.29, 1.82) is 0 Å². The first-order valence-electron chi connectivity index (χ1n) is 6.43. The van der Waals surface area contributed by atoms with E-state index in [1.807, 2.05) is 17.0 Å². The summed E-state index contributed by atoms with van der Waals surface area (Å²) in [5, 5.41) is 0.644. The number of amides is 1. The molecule has 104 valence electrons. The lowest BCUT2D eigenvalue weighted by Crippen LogP contribution is -2.42. The summed E-state index contributed by atoms with van der Waals surface area (Å²) in [7, 11) is 2.10. The lowest BCUT2D eigenvalue weighted by molar-refractivity contribution is 0.0696. The van der Waals surface area contributed by atoms with Crippen molar-refractivity contribution in [2.45, 2.75) is 19.4 Å². The fourth-order valence-corrected chi connectivity index (χ4v) is 2.98. The second-order valence-electron chi connectivity index (χ2n) is 5.09. The quantitative estimate of drug-likeness (QED) is 0.686. The van der Waals surface area contributed by atoms with Crippen LogP contribution in [0.1, 0.15) is 23.7 Å². The number of halogens is 2. The lowest BCUT2D eigenvalue weighted by Gasteiger charge is -2.28. The highest BCUT2D eigenvalue weighted by molar-refractivity contribution is 14.1. The summed E-state index contributed by atoms with van der Waals surface area (Å²) in [6.07, 6.45) is 1.02. The van der Waals surface area contributed by atoms with Gasteiger partial charge in [0.25, 0.3) is 5.91 Å². The lowest BCUT2D eigenvalue weighted by atomic mass is 10.1. The van der Waals surface area contributed by atoms with Crippen molar-refractivity contribution in [3.63, 3.8) is 0 Å². The Morgan fingerprint density at radius 1 is 1.42 bits per heavy atom. The van der Waals surface area contributed by atoms with Gasteiger partial charge in [-0.1, -0.05) is 11.6 Å². The molecule has 0 spiro atoms. The summed E-state index contributed by atoms with van der Waals surface area (Å²) < 4.78 is 0.972. The molecule has 0 aliphatic carbocycles. The van der Waals surface area contributed by atoms with Crippen LogP contribution in [0.3, 0.4) is 0 Å². The van der Waals surface area contributed by atoms with E-state index in [9.17, 15) is 4.79 Å². The van der Waals surface area contributed by atoms with E-state index in [-0.39, 0.29) is 11.9 Å². The standard InChI is InChI=1S/C14H18ClIN2O/c1-10-9-17(2)6-3-7-18(10)14(19)11-4-5-13(16)12(15)8-11/h4-5,8,10H,3,6-7,9H2,1-2H3. The van der Waals surface area contributed by atoms with Crippen molar-refractivity contribution in [2.75, 3.05) is 26.7 Å². The molecule has 1 aliphatic rings. The van der Waals surface area contributed by atoms with Crippen LogP contribution in [0.5, 0.6) is 0 Å². The monoisotopic (exact) mass is 392 g/mol. The van der Waals surface area contributed by atoms with Gasteiger partial charge in [0.15, 0.2) is 0 Å². The third-order valence-electron chi connectivity index (χ3n) is 3.47. The third-order valence-corrected chi connectivity index (χ3v) is 5.05. The van der Waals surface area contributed by atoms with E-state index in [2.05, 4.69) is 41.5 Å². The van der Waals surface area contributed by atoms with Crippen LogP contribution in [-0.2, 0) is 0 Å². The SMILES string of the molecule is CC1CN(C)CCCN1C(=O)c1ccc(I)c(Cl)c1. The van der Waals surface area contributed by atoms with Gasteiger partial charge < -0.3 is 9.80 Å². The maximum atomic E-state index is 12.6. The first kappa shape index (κ1) is 15.1. The molecular formula is C14H18ClIN2O. The van der Waals surface area contributed by atoms with Crippen LogP contribution in [0.25, 0.3) is 0 Å². The molecule has 0 saturated carbocycles. The second kappa shape index (κ2) is 6.41. The predicted molar refractivity (Wildman–Crippen MR) is 86.8 cm³/mol. The predicted octanol–water partition coefficient (Wildman–Crippen LogP) is 3.11. The van der Waals surface area contributed by atoms with Gasteiger partial charge >= 0.3 is 0 Å². The summed E-state index contributed by atoms with van der Waals surface area (Å²) in [5.41, 5.74) is 0.682. The van der Waals surface area contributed by atoms with Crippen molar-refractivity contribution in [2.24, 2.45) is 0 Å². The summed E-state index contributed by atoms with van der Waals surface area (Å²) in [6.45, 7) is 4.88. The van der Waals surface area contributed by atoms with Crippen LogP contribution < -0.4 is 0 Å². The third kappa shape index (κ3) is 3.61. The zero-order valence-corrected chi connectivity index (χ0v) is 14.1. The molecule has 1 aromatic rings. The number of likely N-dealkylation sites (N-methyl/N-ethyl adjacent to an activating group) is 1. The maximum absolute atomic E-state index is 12.6. The number of hydrogen-bond donors (Lipinski definition) is 0. The molecule has 0 bridgehead atoms. The Bertz CT molecular complexity index is 481. The molecule has 2 rings (SSSR count). The minimum absolute atomic E-state index is 0.0844. The molecule has 0 aromatic heterocycles. The highest BCUT2D eigenvalue weighted by atomic mass is 127. The van der Waals surface area contributed by atoms with Crippen molar-refractivity contribution in [1.82, 2.24) is 9.80 Å². The Kier molecular flexibility index (Phi) is 5.09. The van der Waals surface area contributed by atoms with E-state index in [0.717, 1.165) is 29.6 Å².